The fourth-order valence-electron chi connectivity index (χ4n) is 2.12. The Labute approximate surface area is 108 Å². The minimum atomic E-state index is 0.0767. The van der Waals surface area contributed by atoms with Crippen LogP contribution in [-0.2, 0) is 0 Å². The summed E-state index contributed by atoms with van der Waals surface area (Å²) < 4.78 is 6.60. The van der Waals surface area contributed by atoms with Crippen LogP contribution in [0.3, 0.4) is 0 Å². The van der Waals surface area contributed by atoms with Crippen molar-refractivity contribution in [3.63, 3.8) is 0 Å². The SMILES string of the molecule is CCOc1cc2ccccc2c(=O)c2ccsc12. The van der Waals surface area contributed by atoms with Gasteiger partial charge in [0.05, 0.1) is 11.3 Å². The van der Waals surface area contributed by atoms with E-state index in [9.17, 15) is 4.79 Å². The molecule has 0 bridgehead atoms. The van der Waals surface area contributed by atoms with E-state index < -0.39 is 0 Å². The van der Waals surface area contributed by atoms with Crippen LogP contribution in [0.15, 0.2) is 46.6 Å². The number of hydrogen-bond acceptors (Lipinski definition) is 3. The van der Waals surface area contributed by atoms with Gasteiger partial charge in [0, 0.05) is 10.8 Å². The van der Waals surface area contributed by atoms with Gasteiger partial charge in [0.15, 0.2) is 5.43 Å². The smallest absolute Gasteiger partial charge is 0.195 e. The Morgan fingerprint density at radius 1 is 1.17 bits per heavy atom. The minimum absolute atomic E-state index is 0.0767. The van der Waals surface area contributed by atoms with E-state index >= 15 is 0 Å². The van der Waals surface area contributed by atoms with Crippen molar-refractivity contribution in [1.82, 2.24) is 0 Å². The molecule has 1 aromatic heterocycles. The average Bonchev–Trinajstić information content (AvgIpc) is 2.83. The lowest BCUT2D eigenvalue weighted by atomic mass is 10.2. The van der Waals surface area contributed by atoms with E-state index in [0.29, 0.717) is 6.61 Å². The summed E-state index contributed by atoms with van der Waals surface area (Å²) in [4.78, 5) is 12.5. The quantitative estimate of drug-likeness (QED) is 0.697. The van der Waals surface area contributed by atoms with Crippen molar-refractivity contribution in [1.29, 1.82) is 0 Å². The van der Waals surface area contributed by atoms with Crippen molar-refractivity contribution < 1.29 is 4.74 Å². The Morgan fingerprint density at radius 3 is 2.83 bits per heavy atom. The second-order valence-corrected chi connectivity index (χ2v) is 4.94. The number of rotatable bonds is 2. The van der Waals surface area contributed by atoms with Gasteiger partial charge in [0.1, 0.15) is 5.75 Å². The third-order valence-corrected chi connectivity index (χ3v) is 3.85. The highest BCUT2D eigenvalue weighted by Gasteiger charge is 2.08. The molecule has 18 heavy (non-hydrogen) atoms. The molecule has 2 aromatic carbocycles. The lowest BCUT2D eigenvalue weighted by Gasteiger charge is -2.00. The Kier molecular flexibility index (Phi) is 2.76. The van der Waals surface area contributed by atoms with Crippen molar-refractivity contribution in [2.24, 2.45) is 0 Å². The molecule has 3 heteroatoms. The molecule has 0 amide bonds. The Bertz CT molecular complexity index is 774. The lowest BCUT2D eigenvalue weighted by Crippen LogP contribution is -1.96. The first-order valence-electron chi connectivity index (χ1n) is 5.87. The molecule has 0 spiro atoms. The summed E-state index contributed by atoms with van der Waals surface area (Å²) in [6.45, 7) is 2.55. The molecule has 0 unspecified atom stereocenters. The molecule has 3 rings (SSSR count). The van der Waals surface area contributed by atoms with E-state index in [1.54, 1.807) is 11.3 Å². The fourth-order valence-corrected chi connectivity index (χ4v) is 2.99. The van der Waals surface area contributed by atoms with Gasteiger partial charge >= 0.3 is 0 Å². The van der Waals surface area contributed by atoms with Crippen LogP contribution in [0, 0.1) is 0 Å². The van der Waals surface area contributed by atoms with Crippen LogP contribution in [0.5, 0.6) is 5.75 Å². The van der Waals surface area contributed by atoms with Crippen molar-refractivity contribution in [2.75, 3.05) is 6.61 Å². The summed E-state index contributed by atoms with van der Waals surface area (Å²) in [5, 5.41) is 4.34. The molecule has 0 saturated heterocycles. The van der Waals surface area contributed by atoms with Crippen LogP contribution < -0.4 is 10.2 Å². The van der Waals surface area contributed by atoms with E-state index in [4.69, 9.17) is 4.74 Å². The van der Waals surface area contributed by atoms with Gasteiger partial charge in [-0.1, -0.05) is 24.3 Å². The van der Waals surface area contributed by atoms with Crippen LogP contribution in [-0.4, -0.2) is 6.61 Å². The monoisotopic (exact) mass is 256 g/mol. The Hall–Kier alpha value is -1.87. The molecular weight excluding hydrogens is 244 g/mol. The standard InChI is InChI=1S/C15H12O2S/c1-2-17-13-9-10-5-3-4-6-11(10)14(16)12-7-8-18-15(12)13/h3-9H,2H2,1H3. The van der Waals surface area contributed by atoms with Crippen molar-refractivity contribution in [2.45, 2.75) is 6.92 Å². The maximum atomic E-state index is 12.5. The molecule has 1 heterocycles. The molecule has 0 N–H and O–H groups in total. The Balaban J connectivity index is 2.56. The topological polar surface area (TPSA) is 26.3 Å². The first-order valence-corrected chi connectivity index (χ1v) is 6.75. The van der Waals surface area contributed by atoms with E-state index in [1.807, 2.05) is 48.7 Å². The highest BCUT2D eigenvalue weighted by atomic mass is 32.1. The molecule has 0 radical (unpaired) electrons. The zero-order valence-electron chi connectivity index (χ0n) is 9.97. The molecule has 90 valence electrons. The molecule has 0 aliphatic rings. The van der Waals surface area contributed by atoms with Gasteiger partial charge in [-0.25, -0.2) is 0 Å². The van der Waals surface area contributed by atoms with E-state index in [-0.39, 0.29) is 5.43 Å². The normalized spacial score (nSPS) is 10.9. The van der Waals surface area contributed by atoms with E-state index in [2.05, 4.69) is 0 Å². The summed E-state index contributed by atoms with van der Waals surface area (Å²) in [5.41, 5.74) is 0.0767. The zero-order valence-corrected chi connectivity index (χ0v) is 10.8. The van der Waals surface area contributed by atoms with Gasteiger partial charge in [-0.15, -0.1) is 11.3 Å². The average molecular weight is 256 g/mol. The van der Waals surface area contributed by atoms with Crippen LogP contribution in [0.1, 0.15) is 6.92 Å². The molecule has 0 saturated carbocycles. The second-order valence-electron chi connectivity index (χ2n) is 4.02. The number of benzene rings is 1. The first kappa shape index (κ1) is 11.2. The van der Waals surface area contributed by atoms with Crippen LogP contribution in [0.4, 0.5) is 0 Å². The molecule has 0 aliphatic heterocycles. The maximum absolute atomic E-state index is 12.5. The molecule has 0 fully saturated rings. The molecular formula is C15H12O2S. The highest BCUT2D eigenvalue weighted by molar-refractivity contribution is 7.17. The van der Waals surface area contributed by atoms with E-state index in [1.165, 1.54) is 0 Å². The number of fused-ring (bicyclic) bond motifs is 2. The van der Waals surface area contributed by atoms with Gasteiger partial charge in [0.2, 0.25) is 0 Å². The number of thiophene rings is 1. The molecule has 0 atom stereocenters. The lowest BCUT2D eigenvalue weighted by molar-refractivity contribution is 0.345. The fraction of sp³-hybridized carbons (Fsp3) is 0.133. The minimum Gasteiger partial charge on any atom is -0.492 e. The van der Waals surface area contributed by atoms with Gasteiger partial charge in [-0.05, 0) is 29.8 Å². The van der Waals surface area contributed by atoms with Crippen molar-refractivity contribution in [3.8, 4) is 5.75 Å². The summed E-state index contributed by atoms with van der Waals surface area (Å²) in [6, 6.07) is 11.5. The predicted molar refractivity (Wildman–Crippen MR) is 76.8 cm³/mol. The predicted octanol–water partition coefficient (Wildman–Crippen LogP) is 3.81. The van der Waals surface area contributed by atoms with Crippen LogP contribution >= 0.6 is 11.3 Å². The zero-order chi connectivity index (χ0) is 12.5. The van der Waals surface area contributed by atoms with Gasteiger partial charge in [-0.2, -0.15) is 0 Å². The second kappa shape index (κ2) is 4.42. The largest absolute Gasteiger partial charge is 0.492 e. The highest BCUT2D eigenvalue weighted by Crippen LogP contribution is 2.30. The third kappa shape index (κ3) is 1.68. The summed E-state index contributed by atoms with van der Waals surface area (Å²) in [7, 11) is 0. The van der Waals surface area contributed by atoms with Gasteiger partial charge < -0.3 is 4.74 Å². The summed E-state index contributed by atoms with van der Waals surface area (Å²) in [6.07, 6.45) is 0. The van der Waals surface area contributed by atoms with Crippen molar-refractivity contribution >= 4 is 32.2 Å². The maximum Gasteiger partial charge on any atom is 0.195 e. The molecule has 2 nitrogen and oxygen atoms in total. The summed E-state index contributed by atoms with van der Waals surface area (Å²) in [5.74, 6) is 0.792. The summed E-state index contributed by atoms with van der Waals surface area (Å²) >= 11 is 1.55. The van der Waals surface area contributed by atoms with Gasteiger partial charge in [-0.3, -0.25) is 4.79 Å². The van der Waals surface area contributed by atoms with Gasteiger partial charge in [0.25, 0.3) is 0 Å². The van der Waals surface area contributed by atoms with E-state index in [0.717, 1.165) is 26.6 Å². The molecule has 0 aliphatic carbocycles. The first-order chi connectivity index (χ1) is 8.81. The third-order valence-electron chi connectivity index (χ3n) is 2.93. The molecule has 3 aromatic rings. The number of hydrogen-bond donors (Lipinski definition) is 0. The van der Waals surface area contributed by atoms with Crippen molar-refractivity contribution in [3.05, 3.63) is 52.0 Å². The van der Waals surface area contributed by atoms with Crippen LogP contribution in [0.25, 0.3) is 20.9 Å². The number of ether oxygens (including phenoxy) is 1. The Morgan fingerprint density at radius 2 is 2.00 bits per heavy atom. The van der Waals surface area contributed by atoms with Crippen LogP contribution in [0.2, 0.25) is 0 Å².